The lowest BCUT2D eigenvalue weighted by molar-refractivity contribution is 0.122. The monoisotopic (exact) mass is 280 g/mol. The molecule has 0 spiro atoms. The van der Waals surface area contributed by atoms with Gasteiger partial charge in [0, 0.05) is 19.5 Å². The van der Waals surface area contributed by atoms with E-state index in [2.05, 4.69) is 27.0 Å². The van der Waals surface area contributed by atoms with E-state index in [1.54, 1.807) is 0 Å². The molecule has 110 valence electrons. The van der Waals surface area contributed by atoms with Gasteiger partial charge in [-0.25, -0.2) is 5.84 Å². The molecule has 0 bridgehead atoms. The topological polar surface area (TPSA) is 98.4 Å². The lowest BCUT2D eigenvalue weighted by Gasteiger charge is -2.26. The standard InChI is InChI=1S/C12H20N6O2/c1-9(2)3-6-20-12-15-10(17-13)14-11(16-12)18-4-7-19-8-5-18/h1,3-8,13H2,2H3,(H,14,15,16,17). The van der Waals surface area contributed by atoms with Gasteiger partial charge in [0.1, 0.15) is 0 Å². The van der Waals surface area contributed by atoms with Crippen LogP contribution in [0.2, 0.25) is 0 Å². The third kappa shape index (κ3) is 4.04. The van der Waals surface area contributed by atoms with Gasteiger partial charge in [-0.15, -0.1) is 6.58 Å². The Hall–Kier alpha value is -1.93. The first-order valence-electron chi connectivity index (χ1n) is 6.51. The molecule has 0 atom stereocenters. The summed E-state index contributed by atoms with van der Waals surface area (Å²) < 4.78 is 10.8. The smallest absolute Gasteiger partial charge is 0.323 e. The largest absolute Gasteiger partial charge is 0.463 e. The molecule has 1 aliphatic heterocycles. The number of anilines is 2. The lowest BCUT2D eigenvalue weighted by atomic mass is 10.3. The van der Waals surface area contributed by atoms with Crippen molar-refractivity contribution in [3.05, 3.63) is 12.2 Å². The highest BCUT2D eigenvalue weighted by molar-refractivity contribution is 5.38. The van der Waals surface area contributed by atoms with Gasteiger partial charge >= 0.3 is 6.01 Å². The van der Waals surface area contributed by atoms with E-state index >= 15 is 0 Å². The summed E-state index contributed by atoms with van der Waals surface area (Å²) in [5, 5.41) is 0. The fourth-order valence-corrected chi connectivity index (χ4v) is 1.70. The van der Waals surface area contributed by atoms with Gasteiger partial charge in [-0.3, -0.25) is 5.43 Å². The second kappa shape index (κ2) is 7.01. The number of nitrogens with two attached hydrogens (primary N) is 1. The van der Waals surface area contributed by atoms with E-state index in [0.29, 0.717) is 25.8 Å². The molecule has 0 radical (unpaired) electrons. The van der Waals surface area contributed by atoms with E-state index in [1.807, 2.05) is 11.8 Å². The van der Waals surface area contributed by atoms with Crippen LogP contribution >= 0.6 is 0 Å². The Labute approximate surface area is 118 Å². The van der Waals surface area contributed by atoms with Crippen molar-refractivity contribution in [2.24, 2.45) is 5.84 Å². The van der Waals surface area contributed by atoms with Gasteiger partial charge in [-0.2, -0.15) is 15.0 Å². The van der Waals surface area contributed by atoms with Crippen molar-refractivity contribution < 1.29 is 9.47 Å². The SMILES string of the molecule is C=C(C)CCOc1nc(NN)nc(N2CCOCC2)n1. The van der Waals surface area contributed by atoms with Crippen LogP contribution in [-0.4, -0.2) is 47.9 Å². The van der Waals surface area contributed by atoms with Gasteiger partial charge in [0.15, 0.2) is 0 Å². The van der Waals surface area contributed by atoms with E-state index in [4.69, 9.17) is 15.3 Å². The number of nitrogen functional groups attached to an aromatic ring is 1. The minimum atomic E-state index is 0.260. The van der Waals surface area contributed by atoms with Gasteiger partial charge in [0.2, 0.25) is 11.9 Å². The molecule has 1 saturated heterocycles. The van der Waals surface area contributed by atoms with E-state index in [1.165, 1.54) is 0 Å². The van der Waals surface area contributed by atoms with Crippen molar-refractivity contribution in [2.45, 2.75) is 13.3 Å². The van der Waals surface area contributed by atoms with Crippen LogP contribution in [0.3, 0.4) is 0 Å². The van der Waals surface area contributed by atoms with Crippen LogP contribution in [0.15, 0.2) is 12.2 Å². The molecule has 20 heavy (non-hydrogen) atoms. The van der Waals surface area contributed by atoms with E-state index in [9.17, 15) is 0 Å². The van der Waals surface area contributed by atoms with Crippen LogP contribution in [-0.2, 0) is 4.74 Å². The van der Waals surface area contributed by atoms with Crippen LogP contribution in [0.25, 0.3) is 0 Å². The highest BCUT2D eigenvalue weighted by atomic mass is 16.5. The number of ether oxygens (including phenoxy) is 2. The molecule has 2 rings (SSSR count). The molecule has 0 amide bonds. The zero-order chi connectivity index (χ0) is 14.4. The predicted octanol–water partition coefficient (Wildman–Crippen LogP) is 0.339. The highest BCUT2D eigenvalue weighted by Crippen LogP contribution is 2.16. The first-order chi connectivity index (χ1) is 9.69. The van der Waals surface area contributed by atoms with Crippen LogP contribution in [0.4, 0.5) is 11.9 Å². The molecule has 0 aromatic carbocycles. The number of nitrogens with zero attached hydrogens (tertiary/aromatic N) is 4. The summed E-state index contributed by atoms with van der Waals surface area (Å²) in [5.41, 5.74) is 3.47. The maximum Gasteiger partial charge on any atom is 0.323 e. The van der Waals surface area contributed by atoms with E-state index in [0.717, 1.165) is 25.1 Å². The second-order valence-corrected chi connectivity index (χ2v) is 4.54. The fourth-order valence-electron chi connectivity index (χ4n) is 1.70. The van der Waals surface area contributed by atoms with E-state index < -0.39 is 0 Å². The molecule has 0 unspecified atom stereocenters. The molecule has 1 aliphatic rings. The van der Waals surface area contributed by atoms with Crippen molar-refractivity contribution in [3.8, 4) is 6.01 Å². The van der Waals surface area contributed by atoms with Crippen molar-refractivity contribution >= 4 is 11.9 Å². The summed E-state index contributed by atoms with van der Waals surface area (Å²) in [7, 11) is 0. The first-order valence-corrected chi connectivity index (χ1v) is 6.51. The average molecular weight is 280 g/mol. The molecule has 2 heterocycles. The molecular formula is C12H20N6O2. The van der Waals surface area contributed by atoms with Crippen LogP contribution in [0.5, 0.6) is 6.01 Å². The Morgan fingerprint density at radius 3 is 2.80 bits per heavy atom. The van der Waals surface area contributed by atoms with Crippen molar-refractivity contribution in [1.82, 2.24) is 15.0 Å². The minimum Gasteiger partial charge on any atom is -0.463 e. The van der Waals surface area contributed by atoms with E-state index in [-0.39, 0.29) is 12.0 Å². The summed E-state index contributed by atoms with van der Waals surface area (Å²) in [6.07, 6.45) is 0.754. The number of hydrogen-bond acceptors (Lipinski definition) is 8. The normalized spacial score (nSPS) is 15.0. The number of aromatic nitrogens is 3. The third-order valence-electron chi connectivity index (χ3n) is 2.79. The van der Waals surface area contributed by atoms with Crippen LogP contribution in [0, 0.1) is 0 Å². The molecular weight excluding hydrogens is 260 g/mol. The maximum absolute atomic E-state index is 5.51. The maximum atomic E-state index is 5.51. The van der Waals surface area contributed by atoms with Gasteiger partial charge in [0.25, 0.3) is 0 Å². The summed E-state index contributed by atoms with van der Waals surface area (Å²) in [6, 6.07) is 0.260. The zero-order valence-corrected chi connectivity index (χ0v) is 11.6. The Balaban J connectivity index is 2.08. The highest BCUT2D eigenvalue weighted by Gasteiger charge is 2.16. The van der Waals surface area contributed by atoms with Crippen LogP contribution in [0.1, 0.15) is 13.3 Å². The minimum absolute atomic E-state index is 0.260. The summed E-state index contributed by atoms with van der Waals surface area (Å²) >= 11 is 0. The number of nitrogens with one attached hydrogen (secondary N) is 1. The summed E-state index contributed by atoms with van der Waals surface area (Å²) in [4.78, 5) is 14.6. The molecule has 0 aliphatic carbocycles. The fraction of sp³-hybridized carbons (Fsp3) is 0.583. The van der Waals surface area contributed by atoms with Gasteiger partial charge in [0.05, 0.1) is 19.8 Å². The Morgan fingerprint density at radius 2 is 2.15 bits per heavy atom. The molecule has 8 nitrogen and oxygen atoms in total. The molecule has 1 aromatic heterocycles. The van der Waals surface area contributed by atoms with Gasteiger partial charge in [-0.1, -0.05) is 5.57 Å². The van der Waals surface area contributed by atoms with Gasteiger partial charge < -0.3 is 14.4 Å². The molecule has 1 fully saturated rings. The Morgan fingerprint density at radius 1 is 1.40 bits per heavy atom. The Bertz CT molecular complexity index is 461. The van der Waals surface area contributed by atoms with Crippen molar-refractivity contribution in [2.75, 3.05) is 43.2 Å². The molecule has 0 saturated carbocycles. The van der Waals surface area contributed by atoms with Crippen molar-refractivity contribution in [3.63, 3.8) is 0 Å². The predicted molar refractivity (Wildman–Crippen MR) is 75.6 cm³/mol. The Kier molecular flexibility index (Phi) is 5.08. The summed E-state index contributed by atoms with van der Waals surface area (Å²) in [6.45, 7) is 9.03. The number of morpholine rings is 1. The third-order valence-corrected chi connectivity index (χ3v) is 2.79. The lowest BCUT2D eigenvalue weighted by Crippen LogP contribution is -2.37. The molecule has 1 aromatic rings. The second-order valence-electron chi connectivity index (χ2n) is 4.54. The summed E-state index contributed by atoms with van der Waals surface area (Å²) in [5.74, 6) is 6.21. The zero-order valence-electron chi connectivity index (χ0n) is 11.6. The number of hydrogen-bond donors (Lipinski definition) is 2. The number of rotatable bonds is 6. The van der Waals surface area contributed by atoms with Crippen molar-refractivity contribution in [1.29, 1.82) is 0 Å². The number of hydrazine groups is 1. The first kappa shape index (κ1) is 14.5. The molecule has 3 N–H and O–H groups in total. The molecule has 8 heteroatoms. The van der Waals surface area contributed by atoms with Crippen LogP contribution < -0.4 is 20.9 Å². The van der Waals surface area contributed by atoms with Gasteiger partial charge in [-0.05, 0) is 6.92 Å². The average Bonchev–Trinajstić information content (AvgIpc) is 2.47. The quantitative estimate of drug-likeness (QED) is 0.437.